The molecule has 0 atom stereocenters. The van der Waals surface area contributed by atoms with E-state index in [4.69, 9.17) is 15.2 Å². The number of nitrogens with two attached hydrogens (primary N) is 1. The van der Waals surface area contributed by atoms with E-state index in [-0.39, 0.29) is 0 Å². The SMILES string of the molecule is COc1cc(C)c(CCN(C)C(N)=O)cc1OC. The summed E-state index contributed by atoms with van der Waals surface area (Å²) in [6.07, 6.45) is 0.728. The molecule has 0 radical (unpaired) electrons. The summed E-state index contributed by atoms with van der Waals surface area (Å²) >= 11 is 0. The first-order valence-electron chi connectivity index (χ1n) is 5.71. The van der Waals surface area contributed by atoms with Crippen molar-refractivity contribution in [2.24, 2.45) is 5.73 Å². The van der Waals surface area contributed by atoms with Gasteiger partial charge in [0.1, 0.15) is 0 Å². The van der Waals surface area contributed by atoms with Crippen LogP contribution in [0, 0.1) is 6.92 Å². The van der Waals surface area contributed by atoms with Gasteiger partial charge >= 0.3 is 6.03 Å². The van der Waals surface area contributed by atoms with Crippen LogP contribution in [0.25, 0.3) is 0 Å². The first-order valence-corrected chi connectivity index (χ1v) is 5.71. The lowest BCUT2D eigenvalue weighted by molar-refractivity contribution is 0.219. The summed E-state index contributed by atoms with van der Waals surface area (Å²) in [6, 6.07) is 3.44. The van der Waals surface area contributed by atoms with Crippen molar-refractivity contribution in [1.29, 1.82) is 0 Å². The lowest BCUT2D eigenvalue weighted by atomic mass is 10.0. The van der Waals surface area contributed by atoms with E-state index in [0.29, 0.717) is 18.0 Å². The average molecular weight is 252 g/mol. The van der Waals surface area contributed by atoms with Crippen LogP contribution in [0.2, 0.25) is 0 Å². The second kappa shape index (κ2) is 6.14. The molecule has 2 amide bonds. The van der Waals surface area contributed by atoms with Gasteiger partial charge in [0.25, 0.3) is 0 Å². The van der Waals surface area contributed by atoms with Crippen LogP contribution in [0.15, 0.2) is 12.1 Å². The van der Waals surface area contributed by atoms with Crippen LogP contribution in [0.4, 0.5) is 4.79 Å². The molecule has 0 saturated carbocycles. The van der Waals surface area contributed by atoms with E-state index >= 15 is 0 Å². The predicted molar refractivity (Wildman–Crippen MR) is 70.2 cm³/mol. The van der Waals surface area contributed by atoms with Crippen molar-refractivity contribution in [3.63, 3.8) is 0 Å². The quantitative estimate of drug-likeness (QED) is 0.865. The highest BCUT2D eigenvalue weighted by atomic mass is 16.5. The third-order valence-electron chi connectivity index (χ3n) is 2.93. The third kappa shape index (κ3) is 3.29. The molecule has 5 heteroatoms. The Morgan fingerprint density at radius 1 is 1.28 bits per heavy atom. The molecule has 1 aromatic carbocycles. The van der Waals surface area contributed by atoms with Crippen molar-refractivity contribution in [2.45, 2.75) is 13.3 Å². The highest BCUT2D eigenvalue weighted by Crippen LogP contribution is 2.30. The van der Waals surface area contributed by atoms with Gasteiger partial charge < -0.3 is 20.1 Å². The molecule has 0 unspecified atom stereocenters. The van der Waals surface area contributed by atoms with Crippen molar-refractivity contribution in [2.75, 3.05) is 27.8 Å². The highest BCUT2D eigenvalue weighted by molar-refractivity contribution is 5.71. The number of ether oxygens (including phenoxy) is 2. The number of methoxy groups -OCH3 is 2. The topological polar surface area (TPSA) is 64.8 Å². The van der Waals surface area contributed by atoms with E-state index in [0.717, 1.165) is 17.5 Å². The summed E-state index contributed by atoms with van der Waals surface area (Å²) in [5.41, 5.74) is 7.40. The Bertz CT molecular complexity index is 432. The van der Waals surface area contributed by atoms with Gasteiger partial charge in [-0.1, -0.05) is 0 Å². The van der Waals surface area contributed by atoms with Crippen molar-refractivity contribution in [3.05, 3.63) is 23.3 Å². The summed E-state index contributed by atoms with van der Waals surface area (Å²) in [5.74, 6) is 1.40. The molecular formula is C13H20N2O3. The largest absolute Gasteiger partial charge is 0.493 e. The molecule has 0 spiro atoms. The van der Waals surface area contributed by atoms with Gasteiger partial charge in [0.2, 0.25) is 0 Å². The second-order valence-electron chi connectivity index (χ2n) is 4.14. The van der Waals surface area contributed by atoms with Gasteiger partial charge in [-0.25, -0.2) is 4.79 Å². The monoisotopic (exact) mass is 252 g/mol. The lowest BCUT2D eigenvalue weighted by Crippen LogP contribution is -2.33. The maximum Gasteiger partial charge on any atom is 0.314 e. The number of primary amides is 1. The van der Waals surface area contributed by atoms with Crippen LogP contribution in [-0.4, -0.2) is 38.7 Å². The number of benzene rings is 1. The first-order chi connectivity index (χ1) is 8.49. The van der Waals surface area contributed by atoms with Crippen LogP contribution < -0.4 is 15.2 Å². The van der Waals surface area contributed by atoms with Crippen molar-refractivity contribution in [1.82, 2.24) is 4.90 Å². The molecule has 100 valence electrons. The minimum atomic E-state index is -0.423. The molecule has 18 heavy (non-hydrogen) atoms. The molecule has 0 bridgehead atoms. The summed E-state index contributed by atoms with van der Waals surface area (Å²) < 4.78 is 10.5. The van der Waals surface area contributed by atoms with E-state index in [9.17, 15) is 4.79 Å². The number of hydrogen-bond acceptors (Lipinski definition) is 3. The average Bonchev–Trinajstić information content (AvgIpc) is 2.36. The summed E-state index contributed by atoms with van der Waals surface area (Å²) in [7, 11) is 4.89. The number of nitrogens with zero attached hydrogens (tertiary/aromatic N) is 1. The molecule has 0 aliphatic rings. The molecule has 0 aliphatic carbocycles. The Labute approximate surface area is 107 Å². The minimum absolute atomic E-state index is 0.423. The van der Waals surface area contributed by atoms with Crippen LogP contribution in [0.5, 0.6) is 11.5 Å². The van der Waals surface area contributed by atoms with Gasteiger partial charge in [-0.15, -0.1) is 0 Å². The normalized spacial score (nSPS) is 10.0. The fourth-order valence-electron chi connectivity index (χ4n) is 1.69. The van der Waals surface area contributed by atoms with Gasteiger partial charge in [-0.2, -0.15) is 0 Å². The zero-order valence-corrected chi connectivity index (χ0v) is 11.3. The van der Waals surface area contributed by atoms with Crippen molar-refractivity contribution < 1.29 is 14.3 Å². The van der Waals surface area contributed by atoms with E-state index < -0.39 is 6.03 Å². The van der Waals surface area contributed by atoms with Gasteiger partial charge in [0, 0.05) is 13.6 Å². The van der Waals surface area contributed by atoms with E-state index in [1.165, 1.54) is 4.90 Å². The molecule has 0 fully saturated rings. The third-order valence-corrected chi connectivity index (χ3v) is 2.93. The molecule has 0 heterocycles. The van der Waals surface area contributed by atoms with Gasteiger partial charge in [-0.3, -0.25) is 0 Å². The minimum Gasteiger partial charge on any atom is -0.493 e. The van der Waals surface area contributed by atoms with E-state index in [1.807, 2.05) is 19.1 Å². The predicted octanol–water partition coefficient (Wildman–Crippen LogP) is 1.57. The van der Waals surface area contributed by atoms with Gasteiger partial charge in [0.15, 0.2) is 11.5 Å². The summed E-state index contributed by atoms with van der Waals surface area (Å²) in [5, 5.41) is 0. The van der Waals surface area contributed by atoms with Crippen LogP contribution in [0.3, 0.4) is 0 Å². The lowest BCUT2D eigenvalue weighted by Gasteiger charge is -2.16. The molecule has 1 rings (SSSR count). The number of carbonyl (C=O) groups is 1. The van der Waals surface area contributed by atoms with Gasteiger partial charge in [0.05, 0.1) is 14.2 Å². The number of hydrogen-bond donors (Lipinski definition) is 1. The van der Waals surface area contributed by atoms with E-state index in [2.05, 4.69) is 0 Å². The molecule has 2 N–H and O–H groups in total. The smallest absolute Gasteiger partial charge is 0.314 e. The number of aryl methyl sites for hydroxylation is 1. The fourth-order valence-corrected chi connectivity index (χ4v) is 1.69. The molecule has 1 aromatic rings. The molecule has 0 saturated heterocycles. The number of urea groups is 1. The Hall–Kier alpha value is -1.91. The van der Waals surface area contributed by atoms with Crippen LogP contribution in [-0.2, 0) is 6.42 Å². The Morgan fingerprint density at radius 2 is 1.83 bits per heavy atom. The molecular weight excluding hydrogens is 232 g/mol. The Kier molecular flexibility index (Phi) is 4.83. The summed E-state index contributed by atoms with van der Waals surface area (Å²) in [4.78, 5) is 12.4. The van der Waals surface area contributed by atoms with Crippen molar-refractivity contribution >= 4 is 6.03 Å². The zero-order chi connectivity index (χ0) is 13.7. The number of likely N-dealkylation sites (N-methyl/N-ethyl adjacent to an activating group) is 1. The molecule has 0 aromatic heterocycles. The summed E-state index contributed by atoms with van der Waals surface area (Å²) in [6.45, 7) is 2.58. The number of rotatable bonds is 5. The van der Waals surface area contributed by atoms with Gasteiger partial charge in [-0.05, 0) is 36.6 Å². The number of amides is 2. The number of carbonyl (C=O) groups excluding carboxylic acids is 1. The van der Waals surface area contributed by atoms with Crippen LogP contribution in [0.1, 0.15) is 11.1 Å². The second-order valence-corrected chi connectivity index (χ2v) is 4.14. The highest BCUT2D eigenvalue weighted by Gasteiger charge is 2.10. The van der Waals surface area contributed by atoms with E-state index in [1.54, 1.807) is 21.3 Å². The Morgan fingerprint density at radius 3 is 2.33 bits per heavy atom. The standard InChI is InChI=1S/C13H20N2O3/c1-9-7-11(17-3)12(18-4)8-10(9)5-6-15(2)13(14)16/h7-8H,5-6H2,1-4H3,(H2,14,16). The fraction of sp³-hybridized carbons (Fsp3) is 0.462. The molecule has 0 aliphatic heterocycles. The maximum absolute atomic E-state index is 10.9. The Balaban J connectivity index is 2.86. The van der Waals surface area contributed by atoms with Crippen molar-refractivity contribution in [3.8, 4) is 11.5 Å². The first kappa shape index (κ1) is 14.2. The van der Waals surface area contributed by atoms with Crippen LogP contribution >= 0.6 is 0 Å². The zero-order valence-electron chi connectivity index (χ0n) is 11.3. The molecule has 5 nitrogen and oxygen atoms in total. The maximum atomic E-state index is 10.9.